The topological polar surface area (TPSA) is 53.1 Å². The fraction of sp³-hybridized carbons (Fsp3) is 0.304. The van der Waals surface area contributed by atoms with Gasteiger partial charge in [0, 0.05) is 26.2 Å². The van der Waals surface area contributed by atoms with Gasteiger partial charge in [0.05, 0.1) is 17.9 Å². The van der Waals surface area contributed by atoms with Gasteiger partial charge in [0.2, 0.25) is 0 Å². The van der Waals surface area contributed by atoms with E-state index in [-0.39, 0.29) is 5.69 Å². The number of carbonyl (C=O) groups is 2. The molecule has 0 radical (unpaired) electrons. The lowest BCUT2D eigenvalue weighted by Crippen LogP contribution is -2.46. The minimum absolute atomic E-state index is 0.234. The van der Waals surface area contributed by atoms with Gasteiger partial charge in [-0.05, 0) is 49.9 Å². The van der Waals surface area contributed by atoms with Crippen LogP contribution in [0.15, 0.2) is 54.2 Å². The highest BCUT2D eigenvalue weighted by atomic mass is 19.1. The van der Waals surface area contributed by atoms with Crippen LogP contribution in [0.2, 0.25) is 0 Å². The largest absolute Gasteiger partial charge is 0.494 e. The fourth-order valence-corrected chi connectivity index (χ4v) is 3.84. The molecule has 2 aromatic rings. The second-order valence-corrected chi connectivity index (χ2v) is 7.40. The lowest BCUT2D eigenvalue weighted by Gasteiger charge is -2.34. The third-order valence-corrected chi connectivity index (χ3v) is 5.40. The van der Waals surface area contributed by atoms with E-state index in [1.165, 1.54) is 18.2 Å². The fourth-order valence-electron chi connectivity index (χ4n) is 3.84. The number of imide groups is 1. The van der Waals surface area contributed by atoms with E-state index in [1.807, 2.05) is 18.9 Å². The summed E-state index contributed by atoms with van der Waals surface area (Å²) < 4.78 is 19.3. The van der Waals surface area contributed by atoms with Crippen LogP contribution >= 0.6 is 0 Å². The third-order valence-electron chi connectivity index (χ3n) is 5.40. The van der Waals surface area contributed by atoms with Crippen molar-refractivity contribution < 1.29 is 18.7 Å². The van der Waals surface area contributed by atoms with Crippen LogP contribution in [0.4, 0.5) is 10.1 Å². The molecule has 7 heteroatoms. The summed E-state index contributed by atoms with van der Waals surface area (Å²) in [7, 11) is 2.03. The number of anilines is 1. The van der Waals surface area contributed by atoms with E-state index in [2.05, 4.69) is 4.90 Å². The van der Waals surface area contributed by atoms with Gasteiger partial charge >= 0.3 is 0 Å². The molecule has 0 aliphatic carbocycles. The smallest absolute Gasteiger partial charge is 0.282 e. The van der Waals surface area contributed by atoms with E-state index in [9.17, 15) is 14.0 Å². The molecule has 0 aromatic heterocycles. The van der Waals surface area contributed by atoms with Gasteiger partial charge in [-0.15, -0.1) is 0 Å². The van der Waals surface area contributed by atoms with Crippen LogP contribution in [-0.2, 0) is 9.59 Å². The number of likely N-dealkylation sites (N-methyl/N-ethyl adjacent to an activating group) is 1. The highest BCUT2D eigenvalue weighted by molar-refractivity contribution is 6.45. The summed E-state index contributed by atoms with van der Waals surface area (Å²) >= 11 is 0. The Morgan fingerprint density at radius 3 is 2.30 bits per heavy atom. The molecule has 0 saturated carbocycles. The summed E-state index contributed by atoms with van der Waals surface area (Å²) in [4.78, 5) is 32.0. The Kier molecular flexibility index (Phi) is 5.55. The maximum Gasteiger partial charge on any atom is 0.282 e. The summed E-state index contributed by atoms with van der Waals surface area (Å²) in [5, 5.41) is 0. The zero-order valence-electron chi connectivity index (χ0n) is 17.1. The first-order chi connectivity index (χ1) is 14.5. The number of hydrogen-bond donors (Lipinski definition) is 0. The van der Waals surface area contributed by atoms with Crippen molar-refractivity contribution in [2.24, 2.45) is 0 Å². The van der Waals surface area contributed by atoms with E-state index >= 15 is 0 Å². The first kappa shape index (κ1) is 20.1. The van der Waals surface area contributed by atoms with Crippen molar-refractivity contribution in [1.82, 2.24) is 9.80 Å². The van der Waals surface area contributed by atoms with Gasteiger partial charge in [-0.1, -0.05) is 18.2 Å². The summed E-state index contributed by atoms with van der Waals surface area (Å²) in [6.07, 6.45) is 0. The average Bonchev–Trinajstić information content (AvgIpc) is 3.00. The normalized spacial score (nSPS) is 17.8. The molecule has 2 aliphatic heterocycles. The van der Waals surface area contributed by atoms with Crippen molar-refractivity contribution in [2.75, 3.05) is 44.7 Å². The monoisotopic (exact) mass is 409 g/mol. The molecule has 0 spiro atoms. The highest BCUT2D eigenvalue weighted by Gasteiger charge is 2.43. The second kappa shape index (κ2) is 8.28. The standard InChI is InChI=1S/C23H24FN3O3/c1-3-30-19-9-7-16(8-10-19)20-21(26-13-11-25(2)12-14-26)23(29)27(22(20)28)18-6-4-5-17(24)15-18/h4-10,15H,3,11-14H2,1-2H3. The van der Waals surface area contributed by atoms with Gasteiger partial charge in [0.1, 0.15) is 17.3 Å². The van der Waals surface area contributed by atoms with E-state index < -0.39 is 17.6 Å². The van der Waals surface area contributed by atoms with Crippen molar-refractivity contribution >= 4 is 23.1 Å². The molecule has 0 N–H and O–H groups in total. The number of ether oxygens (including phenoxy) is 1. The molecule has 0 bridgehead atoms. The molecule has 0 unspecified atom stereocenters. The van der Waals surface area contributed by atoms with Crippen molar-refractivity contribution in [3.63, 3.8) is 0 Å². The minimum Gasteiger partial charge on any atom is -0.494 e. The predicted octanol–water partition coefficient (Wildman–Crippen LogP) is 2.76. The molecule has 4 rings (SSSR count). The average molecular weight is 409 g/mol. The van der Waals surface area contributed by atoms with Crippen molar-refractivity contribution in [2.45, 2.75) is 6.92 Å². The quantitative estimate of drug-likeness (QED) is 0.711. The van der Waals surface area contributed by atoms with Crippen LogP contribution < -0.4 is 9.64 Å². The summed E-state index contributed by atoms with van der Waals surface area (Å²) in [6.45, 7) is 5.31. The Morgan fingerprint density at radius 1 is 0.967 bits per heavy atom. The lowest BCUT2D eigenvalue weighted by molar-refractivity contribution is -0.120. The van der Waals surface area contributed by atoms with Gasteiger partial charge in [-0.3, -0.25) is 9.59 Å². The van der Waals surface area contributed by atoms with Gasteiger partial charge in [-0.2, -0.15) is 0 Å². The van der Waals surface area contributed by atoms with Crippen molar-refractivity contribution in [3.8, 4) is 5.75 Å². The molecule has 2 aliphatic rings. The Bertz CT molecular complexity index is 995. The SMILES string of the molecule is CCOc1ccc(C2=C(N3CCN(C)CC3)C(=O)N(c3cccc(F)c3)C2=O)cc1. The predicted molar refractivity (Wildman–Crippen MR) is 112 cm³/mol. The number of piperazine rings is 1. The molecule has 30 heavy (non-hydrogen) atoms. The lowest BCUT2D eigenvalue weighted by atomic mass is 10.0. The number of benzene rings is 2. The maximum absolute atomic E-state index is 13.8. The number of rotatable bonds is 5. The minimum atomic E-state index is -0.497. The van der Waals surface area contributed by atoms with E-state index in [0.29, 0.717) is 42.3 Å². The Labute approximate surface area is 175 Å². The van der Waals surface area contributed by atoms with Gasteiger partial charge in [0.15, 0.2) is 0 Å². The molecular weight excluding hydrogens is 385 g/mol. The Morgan fingerprint density at radius 2 is 1.67 bits per heavy atom. The number of amides is 2. The van der Waals surface area contributed by atoms with Crippen molar-refractivity contribution in [3.05, 3.63) is 65.6 Å². The first-order valence-electron chi connectivity index (χ1n) is 10.0. The Balaban J connectivity index is 1.77. The number of hydrogen-bond acceptors (Lipinski definition) is 5. The van der Waals surface area contributed by atoms with Crippen LogP contribution in [0.5, 0.6) is 5.75 Å². The number of halogens is 1. The molecule has 156 valence electrons. The summed E-state index contributed by atoms with van der Waals surface area (Å²) in [5.41, 5.74) is 1.60. The molecular formula is C23H24FN3O3. The van der Waals surface area contributed by atoms with Gasteiger partial charge < -0.3 is 14.5 Å². The van der Waals surface area contributed by atoms with Crippen LogP contribution in [-0.4, -0.2) is 61.4 Å². The van der Waals surface area contributed by atoms with Crippen LogP contribution in [0.3, 0.4) is 0 Å². The highest BCUT2D eigenvalue weighted by Crippen LogP contribution is 2.35. The third kappa shape index (κ3) is 3.68. The first-order valence-corrected chi connectivity index (χ1v) is 10.0. The molecule has 1 saturated heterocycles. The van der Waals surface area contributed by atoms with Crippen LogP contribution in [0.1, 0.15) is 12.5 Å². The van der Waals surface area contributed by atoms with E-state index in [4.69, 9.17) is 4.74 Å². The molecule has 2 amide bonds. The van der Waals surface area contributed by atoms with Crippen LogP contribution in [0, 0.1) is 5.82 Å². The molecule has 6 nitrogen and oxygen atoms in total. The zero-order chi connectivity index (χ0) is 21.3. The molecule has 1 fully saturated rings. The maximum atomic E-state index is 13.8. The van der Waals surface area contributed by atoms with E-state index in [0.717, 1.165) is 18.0 Å². The zero-order valence-corrected chi connectivity index (χ0v) is 17.1. The van der Waals surface area contributed by atoms with Gasteiger partial charge in [0.25, 0.3) is 11.8 Å². The summed E-state index contributed by atoms with van der Waals surface area (Å²) in [6, 6.07) is 12.7. The van der Waals surface area contributed by atoms with E-state index in [1.54, 1.807) is 30.3 Å². The van der Waals surface area contributed by atoms with Gasteiger partial charge in [-0.25, -0.2) is 9.29 Å². The van der Waals surface area contributed by atoms with Crippen LogP contribution in [0.25, 0.3) is 5.57 Å². The summed E-state index contributed by atoms with van der Waals surface area (Å²) in [5.74, 6) is -0.659. The molecule has 2 heterocycles. The number of carbonyl (C=O) groups excluding carboxylic acids is 2. The molecule has 0 atom stereocenters. The second-order valence-electron chi connectivity index (χ2n) is 7.40. The number of nitrogens with zero attached hydrogens (tertiary/aromatic N) is 3. The Hall–Kier alpha value is -3.19. The van der Waals surface area contributed by atoms with Crippen molar-refractivity contribution in [1.29, 1.82) is 0 Å². The molecule has 2 aromatic carbocycles.